The van der Waals surface area contributed by atoms with E-state index in [-0.39, 0.29) is 12.6 Å². The van der Waals surface area contributed by atoms with E-state index in [9.17, 15) is 9.59 Å². The zero-order chi connectivity index (χ0) is 16.9. The number of ether oxygens (including phenoxy) is 3. The second-order valence-corrected chi connectivity index (χ2v) is 5.58. The van der Waals surface area contributed by atoms with Crippen molar-refractivity contribution in [2.24, 2.45) is 0 Å². The van der Waals surface area contributed by atoms with Crippen LogP contribution in [0.4, 0.5) is 0 Å². The zero-order valence-electron chi connectivity index (χ0n) is 13.8. The monoisotopic (exact) mass is 325 g/mol. The molecule has 0 N–H and O–H groups in total. The molecule has 7 nitrogen and oxygen atoms in total. The normalized spacial score (nSPS) is 21.9. The number of carbonyl (C=O) groups excluding carboxylic acids is 2. The van der Waals surface area contributed by atoms with Gasteiger partial charge in [0.05, 0.1) is 33.6 Å². The molecule has 1 unspecified atom stereocenters. The number of hydrogen-bond acceptors (Lipinski definition) is 7. The lowest BCUT2D eigenvalue weighted by atomic mass is 9.86. The van der Waals surface area contributed by atoms with Gasteiger partial charge in [-0.25, -0.2) is 9.59 Å². The fraction of sp³-hybridized carbons (Fsp3) is 0.625. The van der Waals surface area contributed by atoms with Crippen molar-refractivity contribution in [1.82, 2.24) is 4.90 Å². The van der Waals surface area contributed by atoms with Crippen LogP contribution in [0.2, 0.25) is 0 Å². The molecule has 2 rings (SSSR count). The second-order valence-electron chi connectivity index (χ2n) is 5.58. The van der Waals surface area contributed by atoms with Crippen molar-refractivity contribution < 1.29 is 28.2 Å². The third kappa shape index (κ3) is 3.40. The quantitative estimate of drug-likeness (QED) is 0.735. The van der Waals surface area contributed by atoms with Gasteiger partial charge in [-0.3, -0.25) is 4.90 Å². The average Bonchev–Trinajstić information content (AvgIpc) is 3.03. The minimum atomic E-state index is -0.859. The van der Waals surface area contributed by atoms with Gasteiger partial charge >= 0.3 is 11.9 Å². The molecule has 0 aromatic carbocycles. The third-order valence-electron chi connectivity index (χ3n) is 4.31. The van der Waals surface area contributed by atoms with E-state index in [1.54, 1.807) is 13.2 Å². The first-order valence-corrected chi connectivity index (χ1v) is 7.56. The lowest BCUT2D eigenvalue weighted by Gasteiger charge is -2.44. The summed E-state index contributed by atoms with van der Waals surface area (Å²) >= 11 is 0. The van der Waals surface area contributed by atoms with E-state index < -0.39 is 11.5 Å². The molecule has 7 heteroatoms. The number of nitrogens with zero attached hydrogens (tertiary/aromatic N) is 1. The van der Waals surface area contributed by atoms with Gasteiger partial charge in [-0.1, -0.05) is 0 Å². The number of furan rings is 1. The Bertz CT molecular complexity index is 551. The van der Waals surface area contributed by atoms with Crippen molar-refractivity contribution in [2.45, 2.75) is 31.3 Å². The van der Waals surface area contributed by atoms with E-state index in [0.29, 0.717) is 30.8 Å². The second kappa shape index (κ2) is 7.61. The van der Waals surface area contributed by atoms with Gasteiger partial charge in [0, 0.05) is 7.11 Å². The van der Waals surface area contributed by atoms with Gasteiger partial charge in [-0.15, -0.1) is 0 Å². The lowest BCUT2D eigenvalue weighted by Crippen LogP contribution is -2.60. The zero-order valence-corrected chi connectivity index (χ0v) is 13.8. The van der Waals surface area contributed by atoms with Crippen LogP contribution in [0.15, 0.2) is 16.7 Å². The summed E-state index contributed by atoms with van der Waals surface area (Å²) in [4.78, 5) is 26.2. The SMILES string of the molecule is COCC1(C(=O)OC)CCCCN1Cc1occc1C(=O)OC. The molecule has 1 aliphatic heterocycles. The topological polar surface area (TPSA) is 78.2 Å². The molecule has 0 spiro atoms. The van der Waals surface area contributed by atoms with Crippen molar-refractivity contribution in [3.63, 3.8) is 0 Å². The van der Waals surface area contributed by atoms with E-state index in [1.165, 1.54) is 20.5 Å². The van der Waals surface area contributed by atoms with Crippen LogP contribution in [-0.2, 0) is 25.5 Å². The number of piperidine rings is 1. The molecule has 128 valence electrons. The molecule has 0 aliphatic carbocycles. The first kappa shape index (κ1) is 17.5. The Kier molecular flexibility index (Phi) is 5.79. The number of hydrogen-bond donors (Lipinski definition) is 0. The Balaban J connectivity index is 2.29. The van der Waals surface area contributed by atoms with E-state index in [1.807, 2.05) is 4.90 Å². The van der Waals surface area contributed by atoms with Gasteiger partial charge in [0.25, 0.3) is 0 Å². The molecule has 2 heterocycles. The molecule has 0 saturated carbocycles. The Hall–Kier alpha value is -1.86. The van der Waals surface area contributed by atoms with Crippen LogP contribution in [0.1, 0.15) is 35.4 Å². The average molecular weight is 325 g/mol. The van der Waals surface area contributed by atoms with Crippen LogP contribution in [0.3, 0.4) is 0 Å². The van der Waals surface area contributed by atoms with Gasteiger partial charge in [0.1, 0.15) is 16.9 Å². The van der Waals surface area contributed by atoms with Crippen LogP contribution >= 0.6 is 0 Å². The van der Waals surface area contributed by atoms with Gasteiger partial charge in [0.2, 0.25) is 0 Å². The molecule has 1 aromatic heterocycles. The fourth-order valence-corrected chi connectivity index (χ4v) is 3.13. The van der Waals surface area contributed by atoms with Crippen LogP contribution in [0, 0.1) is 0 Å². The third-order valence-corrected chi connectivity index (χ3v) is 4.31. The highest BCUT2D eigenvalue weighted by molar-refractivity contribution is 5.90. The molecular formula is C16H23NO6. The number of methoxy groups -OCH3 is 3. The smallest absolute Gasteiger partial charge is 0.341 e. The summed E-state index contributed by atoms with van der Waals surface area (Å²) in [7, 11) is 4.26. The first-order valence-electron chi connectivity index (χ1n) is 7.56. The molecule has 1 aliphatic rings. The minimum Gasteiger partial charge on any atom is -0.468 e. The van der Waals surface area contributed by atoms with Gasteiger partial charge in [-0.2, -0.15) is 0 Å². The summed E-state index contributed by atoms with van der Waals surface area (Å²) in [6.45, 7) is 1.24. The summed E-state index contributed by atoms with van der Waals surface area (Å²) in [6.07, 6.45) is 3.96. The Morgan fingerprint density at radius 2 is 2.04 bits per heavy atom. The maximum Gasteiger partial charge on any atom is 0.341 e. The van der Waals surface area contributed by atoms with Gasteiger partial charge in [0.15, 0.2) is 0 Å². The minimum absolute atomic E-state index is 0.230. The Morgan fingerprint density at radius 3 is 2.70 bits per heavy atom. The van der Waals surface area contributed by atoms with E-state index in [0.717, 1.165) is 12.8 Å². The fourth-order valence-electron chi connectivity index (χ4n) is 3.13. The summed E-state index contributed by atoms with van der Waals surface area (Å²) in [5.41, 5.74) is -0.490. The van der Waals surface area contributed by atoms with Gasteiger partial charge in [-0.05, 0) is 31.9 Å². The molecule has 0 amide bonds. The van der Waals surface area contributed by atoms with Crippen molar-refractivity contribution in [3.8, 4) is 0 Å². The molecular weight excluding hydrogens is 302 g/mol. The molecule has 23 heavy (non-hydrogen) atoms. The van der Waals surface area contributed by atoms with Crippen LogP contribution in [0.5, 0.6) is 0 Å². The van der Waals surface area contributed by atoms with Crippen molar-refractivity contribution in [3.05, 3.63) is 23.7 Å². The summed E-state index contributed by atoms with van der Waals surface area (Å²) in [5.74, 6) is -0.311. The van der Waals surface area contributed by atoms with Crippen molar-refractivity contribution >= 4 is 11.9 Å². The predicted molar refractivity (Wildman–Crippen MR) is 80.9 cm³/mol. The highest BCUT2D eigenvalue weighted by Gasteiger charge is 2.47. The highest BCUT2D eigenvalue weighted by atomic mass is 16.5. The van der Waals surface area contributed by atoms with E-state index >= 15 is 0 Å². The summed E-state index contributed by atoms with van der Waals surface area (Å²) in [5, 5.41) is 0. The van der Waals surface area contributed by atoms with Gasteiger partial charge < -0.3 is 18.6 Å². The van der Waals surface area contributed by atoms with Crippen molar-refractivity contribution in [2.75, 3.05) is 34.5 Å². The van der Waals surface area contributed by atoms with Crippen molar-refractivity contribution in [1.29, 1.82) is 0 Å². The summed E-state index contributed by atoms with van der Waals surface area (Å²) in [6, 6.07) is 1.57. The maximum atomic E-state index is 12.4. The maximum absolute atomic E-state index is 12.4. The standard InChI is InChI=1S/C16H23NO6/c1-20-11-16(15(19)22-3)7-4-5-8-17(16)10-13-12(6-9-23-13)14(18)21-2/h6,9H,4-5,7-8,10-11H2,1-3H3. The Labute approximate surface area is 135 Å². The highest BCUT2D eigenvalue weighted by Crippen LogP contribution is 2.32. The van der Waals surface area contributed by atoms with Crippen LogP contribution in [0.25, 0.3) is 0 Å². The number of likely N-dealkylation sites (tertiary alicyclic amines) is 1. The van der Waals surface area contributed by atoms with Crippen LogP contribution in [-0.4, -0.2) is 56.9 Å². The number of esters is 2. The number of rotatable bonds is 6. The summed E-state index contributed by atoms with van der Waals surface area (Å²) < 4.78 is 20.5. The molecule has 1 saturated heterocycles. The Morgan fingerprint density at radius 1 is 1.26 bits per heavy atom. The number of carbonyl (C=O) groups is 2. The van der Waals surface area contributed by atoms with E-state index in [4.69, 9.17) is 18.6 Å². The first-order chi connectivity index (χ1) is 11.1. The lowest BCUT2D eigenvalue weighted by molar-refractivity contribution is -0.163. The molecule has 0 radical (unpaired) electrons. The predicted octanol–water partition coefficient (Wildman–Crippen LogP) is 1.61. The molecule has 1 atom stereocenters. The van der Waals surface area contributed by atoms with E-state index in [2.05, 4.69) is 0 Å². The largest absolute Gasteiger partial charge is 0.468 e. The molecule has 1 aromatic rings. The van der Waals surface area contributed by atoms with Crippen LogP contribution < -0.4 is 0 Å². The molecule has 0 bridgehead atoms. The molecule has 1 fully saturated rings.